The molecule has 0 aromatic heterocycles. The number of hydrogen-bond donors (Lipinski definition) is 0. The van der Waals surface area contributed by atoms with Gasteiger partial charge in [-0.15, -0.1) is 0 Å². The molecule has 0 unspecified atom stereocenters. The predicted octanol–water partition coefficient (Wildman–Crippen LogP) is 4.02. The normalized spacial score (nSPS) is 15.1. The van der Waals surface area contributed by atoms with E-state index in [1.165, 1.54) is 18.2 Å². The Morgan fingerprint density at radius 1 is 0.962 bits per heavy atom. The van der Waals surface area contributed by atoms with Gasteiger partial charge in [-0.1, -0.05) is 36.4 Å². The van der Waals surface area contributed by atoms with E-state index >= 15 is 0 Å². The summed E-state index contributed by atoms with van der Waals surface area (Å²) in [7, 11) is 0. The summed E-state index contributed by atoms with van der Waals surface area (Å²) in [6.45, 7) is -2.01. The third-order valence-electron chi connectivity index (χ3n) is 4.52. The van der Waals surface area contributed by atoms with E-state index in [1.807, 2.05) is 18.2 Å². The second kappa shape index (κ2) is 8.08. The Kier molecular flexibility index (Phi) is 5.61. The molecular formula is C20H19F2NO3. The average Bonchev–Trinajstić information content (AvgIpc) is 2.67. The highest BCUT2D eigenvalue weighted by Crippen LogP contribution is 2.24. The first-order valence-corrected chi connectivity index (χ1v) is 8.48. The molecule has 0 atom stereocenters. The summed E-state index contributed by atoms with van der Waals surface area (Å²) in [4.78, 5) is 26.7. The number of ketones is 1. The number of ether oxygens (including phenoxy) is 1. The lowest BCUT2D eigenvalue weighted by Crippen LogP contribution is -2.40. The topological polar surface area (TPSA) is 46.6 Å². The van der Waals surface area contributed by atoms with Crippen molar-refractivity contribution in [2.24, 2.45) is 5.92 Å². The summed E-state index contributed by atoms with van der Waals surface area (Å²) in [5.41, 5.74) is 0.991. The summed E-state index contributed by atoms with van der Waals surface area (Å²) in [5, 5.41) is 0. The number of benzene rings is 2. The lowest BCUT2D eigenvalue weighted by atomic mass is 9.88. The molecule has 1 amide bonds. The summed E-state index contributed by atoms with van der Waals surface area (Å²) < 4.78 is 29.0. The number of nitrogens with zero attached hydrogens (tertiary/aromatic N) is 1. The zero-order valence-corrected chi connectivity index (χ0v) is 14.1. The van der Waals surface area contributed by atoms with Crippen LogP contribution in [0.4, 0.5) is 8.78 Å². The number of carbonyl (C=O) groups is 2. The molecule has 0 aliphatic carbocycles. The molecule has 1 heterocycles. The van der Waals surface area contributed by atoms with Gasteiger partial charge in [0.25, 0.3) is 5.91 Å². The summed E-state index contributed by atoms with van der Waals surface area (Å²) in [6, 6.07) is 14.9. The Morgan fingerprint density at radius 3 is 2.27 bits per heavy atom. The number of Topliss-reactive ketones (excluding diaryl/α,β-unsaturated/α-hetero) is 1. The van der Waals surface area contributed by atoms with Gasteiger partial charge in [0.2, 0.25) is 0 Å². The van der Waals surface area contributed by atoms with Crippen LogP contribution in [-0.2, 0) is 0 Å². The highest BCUT2D eigenvalue weighted by Gasteiger charge is 2.28. The molecular weight excluding hydrogens is 340 g/mol. The maximum absolute atomic E-state index is 12.6. The SMILES string of the molecule is O=C(c1ccccc1)C1CCN(C(=O)c2cccc(OC(F)F)c2)CC1. The van der Waals surface area contributed by atoms with Gasteiger partial charge in [0, 0.05) is 30.1 Å². The van der Waals surface area contributed by atoms with Crippen LogP contribution in [-0.4, -0.2) is 36.3 Å². The Bertz CT molecular complexity index is 772. The van der Waals surface area contributed by atoms with Crippen LogP contribution in [0, 0.1) is 5.92 Å². The van der Waals surface area contributed by atoms with Gasteiger partial charge in [-0.25, -0.2) is 0 Å². The minimum atomic E-state index is -2.93. The summed E-state index contributed by atoms with van der Waals surface area (Å²) in [5.74, 6) is -0.282. The maximum atomic E-state index is 12.6. The van der Waals surface area contributed by atoms with E-state index in [2.05, 4.69) is 4.74 Å². The second-order valence-electron chi connectivity index (χ2n) is 6.20. The largest absolute Gasteiger partial charge is 0.435 e. The van der Waals surface area contributed by atoms with E-state index in [-0.39, 0.29) is 23.4 Å². The highest BCUT2D eigenvalue weighted by atomic mass is 19.3. The van der Waals surface area contributed by atoms with Gasteiger partial charge >= 0.3 is 6.61 Å². The molecule has 1 aliphatic heterocycles. The minimum Gasteiger partial charge on any atom is -0.435 e. The first-order chi connectivity index (χ1) is 12.5. The van der Waals surface area contributed by atoms with Gasteiger partial charge in [0.15, 0.2) is 5.78 Å². The van der Waals surface area contributed by atoms with E-state index in [4.69, 9.17) is 0 Å². The zero-order valence-electron chi connectivity index (χ0n) is 14.1. The van der Waals surface area contributed by atoms with E-state index in [0.29, 0.717) is 37.1 Å². The molecule has 1 aliphatic rings. The van der Waals surface area contributed by atoms with Crippen LogP contribution in [0.2, 0.25) is 0 Å². The Hall–Kier alpha value is -2.76. The van der Waals surface area contributed by atoms with Crippen LogP contribution >= 0.6 is 0 Å². The molecule has 4 nitrogen and oxygen atoms in total. The van der Waals surface area contributed by atoms with Crippen molar-refractivity contribution in [3.05, 3.63) is 65.7 Å². The van der Waals surface area contributed by atoms with Gasteiger partial charge in [-0.2, -0.15) is 8.78 Å². The van der Waals surface area contributed by atoms with Crippen molar-refractivity contribution in [1.82, 2.24) is 4.90 Å². The molecule has 0 N–H and O–H groups in total. The Morgan fingerprint density at radius 2 is 1.62 bits per heavy atom. The van der Waals surface area contributed by atoms with Crippen LogP contribution in [0.5, 0.6) is 5.75 Å². The molecule has 0 bridgehead atoms. The van der Waals surface area contributed by atoms with Crippen molar-refractivity contribution < 1.29 is 23.1 Å². The van der Waals surface area contributed by atoms with Crippen molar-refractivity contribution in [3.8, 4) is 5.75 Å². The van der Waals surface area contributed by atoms with Gasteiger partial charge in [0.05, 0.1) is 0 Å². The second-order valence-corrected chi connectivity index (χ2v) is 6.20. The lowest BCUT2D eigenvalue weighted by Gasteiger charge is -2.31. The first kappa shape index (κ1) is 18.0. The highest BCUT2D eigenvalue weighted by molar-refractivity contribution is 5.98. The van der Waals surface area contributed by atoms with Crippen molar-refractivity contribution in [2.75, 3.05) is 13.1 Å². The molecule has 0 radical (unpaired) electrons. The quantitative estimate of drug-likeness (QED) is 0.758. The van der Waals surface area contributed by atoms with Gasteiger partial charge in [-0.3, -0.25) is 9.59 Å². The third kappa shape index (κ3) is 4.25. The Balaban J connectivity index is 1.61. The summed E-state index contributed by atoms with van der Waals surface area (Å²) >= 11 is 0. The molecule has 0 spiro atoms. The molecule has 6 heteroatoms. The smallest absolute Gasteiger partial charge is 0.387 e. The van der Waals surface area contributed by atoms with E-state index < -0.39 is 6.61 Å². The van der Waals surface area contributed by atoms with Gasteiger partial charge in [-0.05, 0) is 31.0 Å². The summed E-state index contributed by atoms with van der Waals surface area (Å²) in [6.07, 6.45) is 1.18. The lowest BCUT2D eigenvalue weighted by molar-refractivity contribution is -0.0499. The molecule has 2 aromatic rings. The molecule has 1 saturated heterocycles. The van der Waals surface area contributed by atoms with Crippen molar-refractivity contribution in [3.63, 3.8) is 0 Å². The van der Waals surface area contributed by atoms with Crippen molar-refractivity contribution >= 4 is 11.7 Å². The maximum Gasteiger partial charge on any atom is 0.387 e. The fourth-order valence-corrected chi connectivity index (χ4v) is 3.17. The Labute approximate surface area is 150 Å². The van der Waals surface area contributed by atoms with Gasteiger partial charge < -0.3 is 9.64 Å². The monoisotopic (exact) mass is 359 g/mol. The fraction of sp³-hybridized carbons (Fsp3) is 0.300. The van der Waals surface area contributed by atoms with Crippen LogP contribution < -0.4 is 4.74 Å². The molecule has 3 rings (SSSR count). The molecule has 26 heavy (non-hydrogen) atoms. The van der Waals surface area contributed by atoms with E-state index in [0.717, 1.165) is 0 Å². The minimum absolute atomic E-state index is 0.0417. The number of carbonyl (C=O) groups excluding carboxylic acids is 2. The standard InChI is InChI=1S/C20H19F2NO3/c21-20(22)26-17-8-4-7-16(13-17)19(25)23-11-9-15(10-12-23)18(24)14-5-2-1-3-6-14/h1-8,13,15,20H,9-12H2. The number of alkyl halides is 2. The number of hydrogen-bond acceptors (Lipinski definition) is 3. The fourth-order valence-electron chi connectivity index (χ4n) is 3.17. The third-order valence-corrected chi connectivity index (χ3v) is 4.52. The first-order valence-electron chi connectivity index (χ1n) is 8.48. The number of halogens is 2. The molecule has 2 aromatic carbocycles. The molecule has 0 saturated carbocycles. The average molecular weight is 359 g/mol. The number of piperidine rings is 1. The van der Waals surface area contributed by atoms with Crippen LogP contribution in [0.1, 0.15) is 33.6 Å². The van der Waals surface area contributed by atoms with Crippen LogP contribution in [0.25, 0.3) is 0 Å². The number of rotatable bonds is 5. The predicted molar refractivity (Wildman–Crippen MR) is 92.5 cm³/mol. The molecule has 1 fully saturated rings. The molecule has 136 valence electrons. The van der Waals surface area contributed by atoms with Gasteiger partial charge in [0.1, 0.15) is 5.75 Å². The number of likely N-dealkylation sites (tertiary alicyclic amines) is 1. The van der Waals surface area contributed by atoms with E-state index in [9.17, 15) is 18.4 Å². The number of amides is 1. The zero-order chi connectivity index (χ0) is 18.5. The van der Waals surface area contributed by atoms with Crippen molar-refractivity contribution in [2.45, 2.75) is 19.5 Å². The van der Waals surface area contributed by atoms with Crippen molar-refractivity contribution in [1.29, 1.82) is 0 Å². The van der Waals surface area contributed by atoms with Crippen LogP contribution in [0.3, 0.4) is 0 Å². The van der Waals surface area contributed by atoms with Crippen LogP contribution in [0.15, 0.2) is 54.6 Å². The van der Waals surface area contributed by atoms with E-state index in [1.54, 1.807) is 23.1 Å².